The van der Waals surface area contributed by atoms with Gasteiger partial charge in [-0.3, -0.25) is 9.59 Å². The van der Waals surface area contributed by atoms with E-state index < -0.39 is 75.7 Å². The highest BCUT2D eigenvalue weighted by molar-refractivity contribution is 6.19. The lowest BCUT2D eigenvalue weighted by atomic mass is 9.95. The van der Waals surface area contributed by atoms with E-state index in [1.165, 1.54) is 42.5 Å². The van der Waals surface area contributed by atoms with Crippen molar-refractivity contribution < 1.29 is 53.9 Å². The molecule has 0 radical (unpaired) electrons. The van der Waals surface area contributed by atoms with Crippen molar-refractivity contribution in [2.75, 3.05) is 13.1 Å². The molecule has 6 N–H and O–H groups in total. The largest absolute Gasteiger partial charge is 0.508 e. The van der Waals surface area contributed by atoms with Crippen molar-refractivity contribution in [3.05, 3.63) is 118 Å². The van der Waals surface area contributed by atoms with E-state index in [4.69, 9.17) is 9.47 Å². The van der Waals surface area contributed by atoms with Crippen molar-refractivity contribution in [2.24, 2.45) is 0 Å². The molecule has 0 aromatic heterocycles. The number of hydrogen-bond acceptors (Lipinski definition) is 11. The second kappa shape index (κ2) is 14.5. The molecule has 0 bridgehead atoms. The molecule has 0 unspecified atom stereocenters. The number of benzene rings is 4. The number of carboxylic acids is 1. The maximum Gasteiger partial charge on any atom is 0.343 e. The van der Waals surface area contributed by atoms with Gasteiger partial charge >= 0.3 is 17.9 Å². The SMILES string of the molecule is O=C(N[C@H]1CNCCC[C@@H]1OC(=O)c1cc(O)c(C(=O)c2c(O)cccc2C(=O)O)c(OC(=O)c2ccccc2)c1)c1ccc(O)cc1. The minimum atomic E-state index is -1.54. The van der Waals surface area contributed by atoms with Gasteiger partial charge in [0.2, 0.25) is 5.78 Å². The van der Waals surface area contributed by atoms with Crippen molar-refractivity contribution in [1.29, 1.82) is 0 Å². The summed E-state index contributed by atoms with van der Waals surface area (Å²) in [5, 5.41) is 46.7. The van der Waals surface area contributed by atoms with Crippen molar-refractivity contribution in [3.63, 3.8) is 0 Å². The minimum absolute atomic E-state index is 0.0119. The van der Waals surface area contributed by atoms with Gasteiger partial charge in [0, 0.05) is 12.1 Å². The summed E-state index contributed by atoms with van der Waals surface area (Å²) in [7, 11) is 0. The van der Waals surface area contributed by atoms with E-state index in [9.17, 15) is 44.4 Å². The third-order valence-electron chi connectivity index (χ3n) is 7.62. The Balaban J connectivity index is 1.48. The molecule has 13 heteroatoms. The maximum atomic E-state index is 13.7. The second-order valence-corrected chi connectivity index (χ2v) is 10.9. The molecule has 13 nitrogen and oxygen atoms in total. The third-order valence-corrected chi connectivity index (χ3v) is 7.62. The molecule has 2 atom stereocenters. The molecule has 1 fully saturated rings. The molecular weight excluding hydrogens is 624 g/mol. The zero-order chi connectivity index (χ0) is 34.4. The molecule has 4 aromatic rings. The van der Waals surface area contributed by atoms with E-state index in [0.717, 1.165) is 24.3 Å². The first-order valence-electron chi connectivity index (χ1n) is 14.8. The van der Waals surface area contributed by atoms with Gasteiger partial charge < -0.3 is 40.5 Å². The Bertz CT molecular complexity index is 1870. The van der Waals surface area contributed by atoms with Gasteiger partial charge in [-0.15, -0.1) is 0 Å². The van der Waals surface area contributed by atoms with Crippen LogP contribution in [0.25, 0.3) is 0 Å². The maximum absolute atomic E-state index is 13.7. The van der Waals surface area contributed by atoms with Gasteiger partial charge in [0.1, 0.15) is 34.7 Å². The molecule has 0 aliphatic carbocycles. The van der Waals surface area contributed by atoms with E-state index in [0.29, 0.717) is 19.4 Å². The summed E-state index contributed by atoms with van der Waals surface area (Å²) in [4.78, 5) is 65.1. The average molecular weight is 655 g/mol. The Labute approximate surface area is 273 Å². The summed E-state index contributed by atoms with van der Waals surface area (Å²) >= 11 is 0. The van der Waals surface area contributed by atoms with Gasteiger partial charge in [-0.05, 0) is 80.1 Å². The zero-order valence-corrected chi connectivity index (χ0v) is 25.2. The monoisotopic (exact) mass is 654 g/mol. The number of carbonyl (C=O) groups is 5. The Morgan fingerprint density at radius 1 is 0.750 bits per heavy atom. The van der Waals surface area contributed by atoms with Crippen LogP contribution in [-0.4, -0.2) is 75.3 Å². The van der Waals surface area contributed by atoms with Gasteiger partial charge in [0.05, 0.1) is 28.3 Å². The van der Waals surface area contributed by atoms with Crippen molar-refractivity contribution in [2.45, 2.75) is 25.0 Å². The number of phenols is 3. The smallest absolute Gasteiger partial charge is 0.343 e. The zero-order valence-electron chi connectivity index (χ0n) is 25.2. The molecule has 1 amide bonds. The third kappa shape index (κ3) is 7.43. The van der Waals surface area contributed by atoms with Crippen LogP contribution in [0.5, 0.6) is 23.0 Å². The minimum Gasteiger partial charge on any atom is -0.508 e. The Morgan fingerprint density at radius 2 is 1.48 bits per heavy atom. The van der Waals surface area contributed by atoms with Crippen molar-refractivity contribution in [3.8, 4) is 23.0 Å². The van der Waals surface area contributed by atoms with Crippen LogP contribution in [0.2, 0.25) is 0 Å². The van der Waals surface area contributed by atoms with Crippen LogP contribution in [0.4, 0.5) is 0 Å². The highest BCUT2D eigenvalue weighted by Gasteiger charge is 2.32. The van der Waals surface area contributed by atoms with E-state index in [-0.39, 0.29) is 29.0 Å². The summed E-state index contributed by atoms with van der Waals surface area (Å²) in [5.74, 6) is -7.31. The standard InChI is InChI=1S/C35H30N2O11/c38-22-13-11-19(12-14-22)32(42)37-24-18-36-15-5-10-27(24)47-35(46)21-16-26(40)30(28(17-21)48-34(45)20-6-2-1-3-7-20)31(41)29-23(33(43)44)8-4-9-25(29)39/h1-4,6-9,11-14,16-17,24,27,36,38-40H,5,10,15,18H2,(H,37,42)(H,43,44)/t24-,27-/m0/s1. The van der Waals surface area contributed by atoms with E-state index in [1.807, 2.05) is 0 Å². The van der Waals surface area contributed by atoms with Gasteiger partial charge in [0.25, 0.3) is 5.91 Å². The molecule has 4 aromatic carbocycles. The molecule has 246 valence electrons. The lowest BCUT2D eigenvalue weighted by Crippen LogP contribution is -2.49. The molecular formula is C35H30N2O11. The van der Waals surface area contributed by atoms with E-state index in [2.05, 4.69) is 10.6 Å². The van der Waals surface area contributed by atoms with Crippen LogP contribution >= 0.6 is 0 Å². The van der Waals surface area contributed by atoms with Crippen molar-refractivity contribution >= 4 is 29.6 Å². The number of aromatic hydroxyl groups is 3. The quantitative estimate of drug-likeness (QED) is 0.0868. The lowest BCUT2D eigenvalue weighted by Gasteiger charge is -2.26. The molecule has 48 heavy (non-hydrogen) atoms. The molecule has 1 aliphatic heterocycles. The van der Waals surface area contributed by atoms with Gasteiger partial charge in [-0.1, -0.05) is 24.3 Å². The summed E-state index contributed by atoms with van der Waals surface area (Å²) in [6, 6.07) is 17.8. The topological polar surface area (TPSA) is 209 Å². The Kier molecular flexibility index (Phi) is 10.0. The fourth-order valence-corrected chi connectivity index (χ4v) is 5.22. The highest BCUT2D eigenvalue weighted by atomic mass is 16.5. The molecule has 1 heterocycles. The summed E-state index contributed by atoms with van der Waals surface area (Å²) in [6.07, 6.45) is 0.101. The number of ether oxygens (including phenoxy) is 2. The van der Waals surface area contributed by atoms with E-state index in [1.54, 1.807) is 18.2 Å². The molecule has 1 saturated heterocycles. The number of aromatic carboxylic acids is 1. The number of carbonyl (C=O) groups excluding carboxylic acids is 4. The average Bonchev–Trinajstić information content (AvgIpc) is 3.29. The van der Waals surface area contributed by atoms with Gasteiger partial charge in [-0.2, -0.15) is 0 Å². The second-order valence-electron chi connectivity index (χ2n) is 10.9. The number of nitrogens with one attached hydrogen (secondary N) is 2. The lowest BCUT2D eigenvalue weighted by molar-refractivity contribution is 0.0190. The molecule has 0 spiro atoms. The normalized spacial score (nSPS) is 15.8. The van der Waals surface area contributed by atoms with E-state index >= 15 is 0 Å². The summed E-state index contributed by atoms with van der Waals surface area (Å²) in [5.41, 5.74) is -1.92. The molecule has 5 rings (SSSR count). The van der Waals surface area contributed by atoms with Crippen LogP contribution < -0.4 is 15.4 Å². The number of rotatable bonds is 9. The van der Waals surface area contributed by atoms with Crippen LogP contribution in [0, 0.1) is 0 Å². The highest BCUT2D eigenvalue weighted by Crippen LogP contribution is 2.36. The Hall–Kier alpha value is -6.21. The van der Waals surface area contributed by atoms with Crippen LogP contribution in [-0.2, 0) is 4.74 Å². The Morgan fingerprint density at radius 3 is 2.19 bits per heavy atom. The fraction of sp³-hybridized carbons (Fsp3) is 0.171. The number of hydrogen-bond donors (Lipinski definition) is 6. The molecule has 0 saturated carbocycles. The first-order valence-corrected chi connectivity index (χ1v) is 14.8. The summed E-state index contributed by atoms with van der Waals surface area (Å²) in [6.45, 7) is 0.842. The number of ketones is 1. The molecule has 1 aliphatic rings. The predicted molar refractivity (Wildman–Crippen MR) is 169 cm³/mol. The van der Waals surface area contributed by atoms with Gasteiger partial charge in [-0.25, -0.2) is 14.4 Å². The number of phenolic OH excluding ortho intramolecular Hbond substituents is 3. The number of carboxylic acid groups (broad SMARTS) is 1. The number of amides is 1. The predicted octanol–water partition coefficient (Wildman–Crippen LogP) is 3.66. The first kappa shape index (κ1) is 33.2. The van der Waals surface area contributed by atoms with Gasteiger partial charge in [0.15, 0.2) is 0 Å². The van der Waals surface area contributed by atoms with Crippen LogP contribution in [0.1, 0.15) is 70.2 Å². The summed E-state index contributed by atoms with van der Waals surface area (Å²) < 4.78 is 11.3. The number of esters is 2. The fourth-order valence-electron chi connectivity index (χ4n) is 5.22. The first-order chi connectivity index (χ1) is 23.0. The van der Waals surface area contributed by atoms with Crippen LogP contribution in [0.3, 0.4) is 0 Å². The van der Waals surface area contributed by atoms with Crippen molar-refractivity contribution in [1.82, 2.24) is 10.6 Å². The van der Waals surface area contributed by atoms with Crippen LogP contribution in [0.15, 0.2) is 84.9 Å².